The smallest absolute Gasteiger partial charge is 0.143 e. The van der Waals surface area contributed by atoms with Crippen molar-refractivity contribution in [2.45, 2.75) is 44.4 Å². The lowest BCUT2D eigenvalue weighted by Gasteiger charge is -2.41. The second-order valence-electron chi connectivity index (χ2n) is 21.4. The van der Waals surface area contributed by atoms with Gasteiger partial charge in [0.05, 0.1) is 5.41 Å². The third-order valence-corrected chi connectivity index (χ3v) is 17.1. The Morgan fingerprint density at radius 1 is 0.447 bits per heavy atom. The normalized spacial score (nSPS) is 14.6. The molecule has 0 amide bonds. The lowest BCUT2D eigenvalue weighted by atomic mass is 9.64. The van der Waals surface area contributed by atoms with Crippen LogP contribution in [0, 0.1) is 0 Å². The molecule has 0 unspecified atom stereocenters. The second kappa shape index (κ2) is 16.9. The number of hydrogen-bond donors (Lipinski definition) is 0. The van der Waals surface area contributed by atoms with Crippen LogP contribution in [0.2, 0.25) is 0 Å². The molecule has 12 aromatic rings. The number of ether oxygens (including phenoxy) is 1. The monoisotopic (exact) mass is 975 g/mol. The van der Waals surface area contributed by atoms with E-state index in [1.807, 2.05) is 6.07 Å². The Morgan fingerprint density at radius 3 is 1.74 bits per heavy atom. The van der Waals surface area contributed by atoms with Crippen LogP contribution in [-0.4, -0.2) is 0 Å². The summed E-state index contributed by atoms with van der Waals surface area (Å²) in [5, 5.41) is 6.88. The molecule has 0 saturated carbocycles. The molecule has 1 aliphatic heterocycles. The molecular formula is C73H53NO2. The van der Waals surface area contributed by atoms with Crippen molar-refractivity contribution >= 4 is 66.1 Å². The molecule has 3 aliphatic rings. The molecule has 0 saturated heterocycles. The van der Waals surface area contributed by atoms with Crippen LogP contribution in [-0.2, 0) is 17.3 Å². The van der Waals surface area contributed by atoms with Crippen molar-refractivity contribution in [3.63, 3.8) is 0 Å². The molecule has 1 spiro atoms. The van der Waals surface area contributed by atoms with Gasteiger partial charge < -0.3 is 14.1 Å². The number of rotatable bonds is 8. The number of aryl methyl sites for hydroxylation is 1. The molecule has 0 bridgehead atoms. The minimum Gasteiger partial charge on any atom is -0.455 e. The minimum absolute atomic E-state index is 0.129. The summed E-state index contributed by atoms with van der Waals surface area (Å²) >= 11 is 0. The van der Waals surface area contributed by atoms with E-state index in [0.717, 1.165) is 85.2 Å². The zero-order chi connectivity index (χ0) is 50.7. The van der Waals surface area contributed by atoms with Crippen LogP contribution in [0.5, 0.6) is 11.5 Å². The van der Waals surface area contributed by atoms with Gasteiger partial charge in [-0.1, -0.05) is 214 Å². The molecule has 3 nitrogen and oxygen atoms in total. The summed E-state index contributed by atoms with van der Waals surface area (Å²) in [7, 11) is 0. The maximum atomic E-state index is 7.19. The Labute approximate surface area is 443 Å². The first-order chi connectivity index (χ1) is 37.4. The highest BCUT2D eigenvalue weighted by Gasteiger charge is 2.51. The first-order valence-corrected chi connectivity index (χ1v) is 26.7. The van der Waals surface area contributed by atoms with Gasteiger partial charge in [0.1, 0.15) is 22.7 Å². The van der Waals surface area contributed by atoms with Crippen molar-refractivity contribution in [3.8, 4) is 33.8 Å². The predicted molar refractivity (Wildman–Crippen MR) is 316 cm³/mol. The molecule has 11 aromatic carbocycles. The van der Waals surface area contributed by atoms with E-state index in [2.05, 4.69) is 262 Å². The van der Waals surface area contributed by atoms with E-state index in [4.69, 9.17) is 9.15 Å². The fraction of sp³-hybridized carbons (Fsp3) is 0.0959. The number of allylic oxidation sites excluding steroid dienone is 4. The Balaban J connectivity index is 0.780. The number of hydrogen-bond acceptors (Lipinski definition) is 3. The average Bonchev–Trinajstić information content (AvgIpc) is 4.07. The van der Waals surface area contributed by atoms with Gasteiger partial charge in [-0.3, -0.25) is 0 Å². The molecule has 15 rings (SSSR count). The maximum absolute atomic E-state index is 7.19. The summed E-state index contributed by atoms with van der Waals surface area (Å²) < 4.78 is 13.7. The van der Waals surface area contributed by atoms with Crippen LogP contribution in [0.3, 0.4) is 0 Å². The van der Waals surface area contributed by atoms with Gasteiger partial charge >= 0.3 is 0 Å². The van der Waals surface area contributed by atoms with Gasteiger partial charge in [0.25, 0.3) is 0 Å². The Morgan fingerprint density at radius 2 is 1.01 bits per heavy atom. The molecule has 2 heterocycles. The van der Waals surface area contributed by atoms with Crippen molar-refractivity contribution < 1.29 is 9.15 Å². The molecule has 0 radical (unpaired) electrons. The average molecular weight is 976 g/mol. The van der Waals surface area contributed by atoms with Gasteiger partial charge in [0.2, 0.25) is 0 Å². The zero-order valence-corrected chi connectivity index (χ0v) is 42.8. The van der Waals surface area contributed by atoms with E-state index in [1.54, 1.807) is 0 Å². The molecule has 0 fully saturated rings. The molecular weight excluding hydrogens is 923 g/mol. The number of fused-ring (bicyclic) bond motifs is 16. The molecule has 3 heteroatoms. The van der Waals surface area contributed by atoms with Crippen LogP contribution in [0.4, 0.5) is 17.1 Å². The minimum atomic E-state index is -0.562. The van der Waals surface area contributed by atoms with E-state index in [1.165, 1.54) is 72.0 Å². The molecule has 0 atom stereocenters. The van der Waals surface area contributed by atoms with Crippen LogP contribution >= 0.6 is 0 Å². The van der Waals surface area contributed by atoms with Crippen LogP contribution in [0.25, 0.3) is 71.3 Å². The van der Waals surface area contributed by atoms with Crippen molar-refractivity contribution in [3.05, 3.63) is 287 Å². The summed E-state index contributed by atoms with van der Waals surface area (Å²) in [4.78, 5) is 2.41. The Kier molecular flexibility index (Phi) is 9.87. The van der Waals surface area contributed by atoms with Crippen LogP contribution in [0.15, 0.2) is 253 Å². The van der Waals surface area contributed by atoms with Crippen molar-refractivity contribution in [2.75, 3.05) is 4.90 Å². The topological polar surface area (TPSA) is 25.6 Å². The van der Waals surface area contributed by atoms with Gasteiger partial charge in [0.15, 0.2) is 0 Å². The fourth-order valence-electron chi connectivity index (χ4n) is 13.4. The van der Waals surface area contributed by atoms with E-state index in [9.17, 15) is 0 Å². The molecule has 76 heavy (non-hydrogen) atoms. The van der Waals surface area contributed by atoms with Gasteiger partial charge in [-0.2, -0.15) is 0 Å². The van der Waals surface area contributed by atoms with Crippen molar-refractivity contribution in [1.82, 2.24) is 0 Å². The molecule has 2 aliphatic carbocycles. The Hall–Kier alpha value is -9.18. The number of para-hydroxylation sites is 2. The van der Waals surface area contributed by atoms with E-state index in [0.29, 0.717) is 0 Å². The summed E-state index contributed by atoms with van der Waals surface area (Å²) in [6.45, 7) is 7.03. The van der Waals surface area contributed by atoms with E-state index >= 15 is 0 Å². The number of furan rings is 1. The third-order valence-electron chi connectivity index (χ3n) is 17.1. The molecule has 362 valence electrons. The summed E-state index contributed by atoms with van der Waals surface area (Å²) in [6, 6.07) is 84.4. The number of anilines is 3. The van der Waals surface area contributed by atoms with Crippen LogP contribution in [0.1, 0.15) is 66.1 Å². The van der Waals surface area contributed by atoms with Gasteiger partial charge in [-0.25, -0.2) is 0 Å². The zero-order valence-electron chi connectivity index (χ0n) is 42.8. The standard InChI is InChI=1S/C73H53NO2/c1-46-54-20-9-14-29-64(54)73(65-43-35-48-18-5-7-21-56(48)70(65)76-71-57-22-8-6-19-49(57)36-44-66(71)73)62(46)27-12-4-17-47-31-37-51(38-32-47)74(53-41-42-59-58-23-10-13-28-63(58)72(2,3)67(59)45-53)52-39-33-50(34-40-52)55-25-16-26-61-60-24-11-15-30-68(60)75-69(55)61/h5-16,18-45H,4,17H2,1-3H3/b27-12-. The SMILES string of the molecule is CC1=C(/C=C\CCc2ccc(N(c3ccc(-c4cccc5c4oc4ccccc45)cc3)c3ccc4c(c3)C(C)(C)c3ccccc3-4)cc2)C2(c3ccccc31)c1ccc3ccccc3c1Oc1c2ccc2ccccc12. The van der Waals surface area contributed by atoms with E-state index < -0.39 is 5.41 Å². The van der Waals surface area contributed by atoms with Crippen molar-refractivity contribution in [2.24, 2.45) is 0 Å². The van der Waals surface area contributed by atoms with Crippen molar-refractivity contribution in [1.29, 1.82) is 0 Å². The first kappa shape index (κ1) is 44.3. The summed E-state index contributed by atoms with van der Waals surface area (Å²) in [5.74, 6) is 1.88. The predicted octanol–water partition coefficient (Wildman–Crippen LogP) is 19.8. The first-order valence-electron chi connectivity index (χ1n) is 26.7. The fourth-order valence-corrected chi connectivity index (χ4v) is 13.4. The lowest BCUT2D eigenvalue weighted by molar-refractivity contribution is 0.446. The largest absolute Gasteiger partial charge is 0.455 e. The lowest BCUT2D eigenvalue weighted by Crippen LogP contribution is -2.33. The van der Waals surface area contributed by atoms with Crippen LogP contribution < -0.4 is 9.64 Å². The van der Waals surface area contributed by atoms with Gasteiger partial charge in [-0.05, 0) is 129 Å². The highest BCUT2D eigenvalue weighted by molar-refractivity contribution is 6.09. The molecule has 0 N–H and O–H groups in total. The number of nitrogens with zero attached hydrogens (tertiary/aromatic N) is 1. The highest BCUT2D eigenvalue weighted by atomic mass is 16.5. The quantitative estimate of drug-likeness (QED) is 0.152. The Bertz CT molecular complexity index is 4330. The number of benzene rings is 11. The highest BCUT2D eigenvalue weighted by Crippen LogP contribution is 2.63. The third kappa shape index (κ3) is 6.48. The summed E-state index contributed by atoms with van der Waals surface area (Å²) in [6.07, 6.45) is 6.63. The van der Waals surface area contributed by atoms with Gasteiger partial charge in [-0.15, -0.1) is 0 Å². The van der Waals surface area contributed by atoms with Gasteiger partial charge in [0, 0.05) is 60.7 Å². The summed E-state index contributed by atoms with van der Waals surface area (Å²) in [5.41, 5.74) is 20.9. The van der Waals surface area contributed by atoms with E-state index in [-0.39, 0.29) is 5.41 Å². The maximum Gasteiger partial charge on any atom is 0.143 e. The molecule has 1 aromatic heterocycles. The second-order valence-corrected chi connectivity index (χ2v) is 21.4.